The second kappa shape index (κ2) is 11.7. The van der Waals surface area contributed by atoms with Gasteiger partial charge in [-0.05, 0) is 24.3 Å². The van der Waals surface area contributed by atoms with E-state index in [4.69, 9.17) is 15.2 Å². The van der Waals surface area contributed by atoms with E-state index in [1.54, 1.807) is 48.7 Å². The topological polar surface area (TPSA) is 116 Å². The van der Waals surface area contributed by atoms with Gasteiger partial charge >= 0.3 is 0 Å². The number of nitrogens with two attached hydrogens (primary N) is 1. The third-order valence-corrected chi connectivity index (χ3v) is 3.46. The number of nitrogens with one attached hydrogen (secondary N) is 2. The fraction of sp³-hybridized carbons (Fsp3) is 0.316. The van der Waals surface area contributed by atoms with Crippen LogP contribution in [0.4, 0.5) is 11.5 Å². The number of carbonyl (C=O) groups is 2. The van der Waals surface area contributed by atoms with Gasteiger partial charge in [-0.1, -0.05) is 18.2 Å². The lowest BCUT2D eigenvalue weighted by Crippen LogP contribution is -2.20. The molecular weight excluding hydrogens is 348 g/mol. The van der Waals surface area contributed by atoms with Gasteiger partial charge in [0.2, 0.25) is 5.91 Å². The molecule has 0 saturated carbocycles. The highest BCUT2D eigenvalue weighted by molar-refractivity contribution is 6.09. The minimum atomic E-state index is -0.349. The Bertz CT molecular complexity index is 725. The van der Waals surface area contributed by atoms with Gasteiger partial charge in [0.1, 0.15) is 5.82 Å². The highest BCUT2D eigenvalue weighted by Gasteiger charge is 2.13. The van der Waals surface area contributed by atoms with Crippen LogP contribution in [0.2, 0.25) is 0 Å². The van der Waals surface area contributed by atoms with Crippen molar-refractivity contribution in [2.75, 3.05) is 43.6 Å². The summed E-state index contributed by atoms with van der Waals surface area (Å²) in [5.41, 5.74) is 6.10. The number of para-hydroxylation sites is 1. The summed E-state index contributed by atoms with van der Waals surface area (Å²) in [6.07, 6.45) is 1.76. The normalized spacial score (nSPS) is 10.4. The smallest absolute Gasteiger partial charge is 0.258 e. The molecule has 0 bridgehead atoms. The van der Waals surface area contributed by atoms with E-state index >= 15 is 0 Å². The van der Waals surface area contributed by atoms with E-state index in [1.807, 2.05) is 0 Å². The first-order chi connectivity index (χ1) is 13.2. The number of rotatable bonds is 11. The molecule has 1 aromatic carbocycles. The number of nitrogens with zero attached hydrogens (tertiary/aromatic N) is 1. The van der Waals surface area contributed by atoms with E-state index < -0.39 is 0 Å². The zero-order valence-corrected chi connectivity index (χ0v) is 15.0. The van der Waals surface area contributed by atoms with Crippen LogP contribution in [0.3, 0.4) is 0 Å². The van der Waals surface area contributed by atoms with Crippen LogP contribution in [0.15, 0.2) is 48.7 Å². The maximum atomic E-state index is 12.5. The molecule has 27 heavy (non-hydrogen) atoms. The molecule has 0 aliphatic heterocycles. The quantitative estimate of drug-likeness (QED) is 0.517. The molecule has 2 amide bonds. The van der Waals surface area contributed by atoms with Crippen LogP contribution in [-0.4, -0.2) is 49.8 Å². The highest BCUT2D eigenvalue weighted by Crippen LogP contribution is 2.17. The second-order valence-corrected chi connectivity index (χ2v) is 5.53. The molecule has 1 heterocycles. The SMILES string of the molecule is NCCOCCOCCC(=O)Nc1ccccc1C(=O)Nc1ccccn1. The van der Waals surface area contributed by atoms with Gasteiger partial charge in [-0.2, -0.15) is 0 Å². The molecule has 0 aliphatic rings. The molecule has 8 nitrogen and oxygen atoms in total. The molecule has 2 rings (SSSR count). The summed E-state index contributed by atoms with van der Waals surface area (Å²) in [6.45, 7) is 2.06. The number of anilines is 2. The lowest BCUT2D eigenvalue weighted by molar-refractivity contribution is -0.117. The number of ether oxygens (including phenoxy) is 2. The monoisotopic (exact) mass is 372 g/mol. The minimum absolute atomic E-state index is 0.174. The van der Waals surface area contributed by atoms with Crippen molar-refractivity contribution in [2.45, 2.75) is 6.42 Å². The van der Waals surface area contributed by atoms with Crippen molar-refractivity contribution < 1.29 is 19.1 Å². The minimum Gasteiger partial charge on any atom is -0.379 e. The predicted octanol–water partition coefficient (Wildman–Crippen LogP) is 1.65. The van der Waals surface area contributed by atoms with E-state index in [1.165, 1.54) is 0 Å². The van der Waals surface area contributed by atoms with E-state index in [0.29, 0.717) is 43.4 Å². The number of hydrogen-bond acceptors (Lipinski definition) is 6. The van der Waals surface area contributed by atoms with Gasteiger partial charge in [0.15, 0.2) is 0 Å². The molecule has 2 aromatic rings. The summed E-state index contributed by atoms with van der Waals surface area (Å²) in [7, 11) is 0. The highest BCUT2D eigenvalue weighted by atomic mass is 16.5. The molecule has 0 fully saturated rings. The van der Waals surface area contributed by atoms with Gasteiger partial charge in [-0.15, -0.1) is 0 Å². The average Bonchev–Trinajstić information content (AvgIpc) is 2.68. The van der Waals surface area contributed by atoms with Crippen molar-refractivity contribution in [3.63, 3.8) is 0 Å². The molecular formula is C19H24N4O4. The van der Waals surface area contributed by atoms with Gasteiger partial charge in [0.05, 0.1) is 44.1 Å². The van der Waals surface area contributed by atoms with Crippen molar-refractivity contribution in [3.05, 3.63) is 54.2 Å². The third kappa shape index (κ3) is 7.53. The van der Waals surface area contributed by atoms with Crippen molar-refractivity contribution in [3.8, 4) is 0 Å². The number of carbonyl (C=O) groups excluding carboxylic acids is 2. The van der Waals surface area contributed by atoms with Crippen LogP contribution >= 0.6 is 0 Å². The maximum Gasteiger partial charge on any atom is 0.258 e. The van der Waals surface area contributed by atoms with Crippen LogP contribution < -0.4 is 16.4 Å². The van der Waals surface area contributed by atoms with Gasteiger partial charge < -0.3 is 25.8 Å². The lowest BCUT2D eigenvalue weighted by Gasteiger charge is -2.11. The van der Waals surface area contributed by atoms with Gasteiger partial charge in [0.25, 0.3) is 5.91 Å². The van der Waals surface area contributed by atoms with Gasteiger partial charge in [0, 0.05) is 12.7 Å². The van der Waals surface area contributed by atoms with E-state index in [0.717, 1.165) is 0 Å². The fourth-order valence-corrected chi connectivity index (χ4v) is 2.19. The average molecular weight is 372 g/mol. The lowest BCUT2D eigenvalue weighted by atomic mass is 10.1. The first-order valence-electron chi connectivity index (χ1n) is 8.67. The Morgan fingerprint density at radius 2 is 1.67 bits per heavy atom. The molecule has 0 saturated heterocycles. The summed E-state index contributed by atoms with van der Waals surface area (Å²) < 4.78 is 10.5. The first-order valence-corrected chi connectivity index (χ1v) is 8.67. The Hall–Kier alpha value is -2.81. The molecule has 1 aromatic heterocycles. The summed E-state index contributed by atoms with van der Waals surface area (Å²) in [5, 5.41) is 5.44. The van der Waals surface area contributed by atoms with E-state index in [2.05, 4.69) is 15.6 Å². The van der Waals surface area contributed by atoms with E-state index in [9.17, 15) is 9.59 Å². The molecule has 0 aliphatic carbocycles. The van der Waals surface area contributed by atoms with Crippen LogP contribution in [0, 0.1) is 0 Å². The number of amides is 2. The largest absolute Gasteiger partial charge is 0.379 e. The Balaban J connectivity index is 1.82. The van der Waals surface area contributed by atoms with Gasteiger partial charge in [-0.25, -0.2) is 4.98 Å². The number of aromatic nitrogens is 1. The Morgan fingerprint density at radius 1 is 0.926 bits per heavy atom. The van der Waals surface area contributed by atoms with Gasteiger partial charge in [-0.3, -0.25) is 9.59 Å². The molecule has 0 unspecified atom stereocenters. The summed E-state index contributed by atoms with van der Waals surface area (Å²) >= 11 is 0. The Labute approximate surface area is 158 Å². The van der Waals surface area contributed by atoms with Crippen molar-refractivity contribution in [1.29, 1.82) is 0 Å². The predicted molar refractivity (Wildman–Crippen MR) is 103 cm³/mol. The standard InChI is InChI=1S/C19H24N4O4/c20-9-12-27-14-13-26-11-8-18(24)22-16-6-2-1-5-15(16)19(25)23-17-7-3-4-10-21-17/h1-7,10H,8-9,11-14,20H2,(H,22,24)(H,21,23,25). The van der Waals surface area contributed by atoms with Crippen LogP contribution in [-0.2, 0) is 14.3 Å². The van der Waals surface area contributed by atoms with Crippen molar-refractivity contribution in [2.24, 2.45) is 5.73 Å². The number of benzene rings is 1. The second-order valence-electron chi connectivity index (χ2n) is 5.53. The third-order valence-electron chi connectivity index (χ3n) is 3.46. The molecule has 144 valence electrons. The Morgan fingerprint density at radius 3 is 2.41 bits per heavy atom. The van der Waals surface area contributed by atoms with Crippen molar-refractivity contribution >= 4 is 23.3 Å². The van der Waals surface area contributed by atoms with Crippen LogP contribution in [0.25, 0.3) is 0 Å². The molecule has 0 atom stereocenters. The molecule has 0 spiro atoms. The fourth-order valence-electron chi connectivity index (χ4n) is 2.19. The molecule has 4 N–H and O–H groups in total. The van der Waals surface area contributed by atoms with Crippen LogP contribution in [0.5, 0.6) is 0 Å². The molecule has 8 heteroatoms. The van der Waals surface area contributed by atoms with Crippen LogP contribution in [0.1, 0.15) is 16.8 Å². The summed E-state index contributed by atoms with van der Waals surface area (Å²) in [6, 6.07) is 12.0. The zero-order valence-electron chi connectivity index (χ0n) is 15.0. The zero-order chi connectivity index (χ0) is 19.3. The van der Waals surface area contributed by atoms with Crippen molar-refractivity contribution in [1.82, 2.24) is 4.98 Å². The summed E-state index contributed by atoms with van der Waals surface area (Å²) in [4.78, 5) is 28.6. The van der Waals surface area contributed by atoms with E-state index in [-0.39, 0.29) is 24.8 Å². The first kappa shape index (κ1) is 20.5. The maximum absolute atomic E-state index is 12.5. The molecule has 0 radical (unpaired) electrons. The Kier molecular flexibility index (Phi) is 8.91. The number of pyridine rings is 1. The summed E-state index contributed by atoms with van der Waals surface area (Å²) in [5.74, 6) is -0.150. The number of hydrogen-bond donors (Lipinski definition) is 3.